The molecule has 2 nitrogen and oxygen atoms in total. The molecule has 1 aromatic heterocycles. The Morgan fingerprint density at radius 3 is 2.56 bits per heavy atom. The monoisotopic (exact) mass is 461 g/mol. The normalized spacial score (nSPS) is 12.3. The van der Waals surface area contributed by atoms with Crippen LogP contribution in [0.2, 0.25) is 0 Å². The lowest BCUT2D eigenvalue weighted by atomic mass is 10.1. The van der Waals surface area contributed by atoms with E-state index in [2.05, 4.69) is 74.4 Å². The zero-order valence-electron chi connectivity index (χ0n) is 14.1. The Kier molecular flexibility index (Phi) is 6.51. The van der Waals surface area contributed by atoms with E-state index in [9.17, 15) is 0 Å². The highest BCUT2D eigenvalue weighted by Gasteiger charge is 2.10. The van der Waals surface area contributed by atoms with Crippen LogP contribution in [0.5, 0.6) is 0 Å². The molecule has 0 aliphatic heterocycles. The Morgan fingerprint density at radius 1 is 1.00 bits per heavy atom. The molecule has 0 aliphatic rings. The maximum atomic E-state index is 6.00. The van der Waals surface area contributed by atoms with Gasteiger partial charge in [-0.05, 0) is 71.6 Å². The molecule has 0 fully saturated rings. The van der Waals surface area contributed by atoms with Crippen molar-refractivity contribution in [1.29, 1.82) is 0 Å². The number of nitrogens with one attached hydrogen (secondary N) is 1. The highest BCUT2D eigenvalue weighted by atomic mass is 79.9. The summed E-state index contributed by atoms with van der Waals surface area (Å²) in [6.45, 7) is 2.96. The van der Waals surface area contributed by atoms with E-state index in [0.717, 1.165) is 45.4 Å². The second kappa shape index (κ2) is 8.84. The first-order valence-corrected chi connectivity index (χ1v) is 10.0. The fourth-order valence-electron chi connectivity index (χ4n) is 2.71. The number of aryl methyl sites for hydroxylation is 1. The standard InChI is InChI=1S/C21H21Br2NO/c1-15(7-8-16-5-3-2-4-6-16)24-14-18-10-12-21(25-18)19-11-9-17(22)13-20(19)23/h2-6,9-13,15,24H,7-8,14H2,1H3. The van der Waals surface area contributed by atoms with Crippen LogP contribution in [0.1, 0.15) is 24.7 Å². The number of hydrogen-bond donors (Lipinski definition) is 1. The van der Waals surface area contributed by atoms with Gasteiger partial charge in [0.15, 0.2) is 0 Å². The zero-order chi connectivity index (χ0) is 17.6. The molecule has 1 atom stereocenters. The predicted octanol–water partition coefficient (Wildman–Crippen LogP) is 6.58. The summed E-state index contributed by atoms with van der Waals surface area (Å²) >= 11 is 7.07. The average molecular weight is 463 g/mol. The topological polar surface area (TPSA) is 25.2 Å². The van der Waals surface area contributed by atoms with Gasteiger partial charge in [-0.1, -0.05) is 46.3 Å². The maximum absolute atomic E-state index is 6.00. The van der Waals surface area contributed by atoms with Crippen molar-refractivity contribution in [3.63, 3.8) is 0 Å². The molecular formula is C21H21Br2NO. The minimum atomic E-state index is 0.438. The molecule has 0 radical (unpaired) electrons. The van der Waals surface area contributed by atoms with E-state index in [0.29, 0.717) is 6.04 Å². The number of rotatable bonds is 7. The number of benzene rings is 2. The first kappa shape index (κ1) is 18.4. The quantitative estimate of drug-likeness (QED) is 0.428. The highest BCUT2D eigenvalue weighted by molar-refractivity contribution is 9.11. The van der Waals surface area contributed by atoms with Crippen LogP contribution in [0.25, 0.3) is 11.3 Å². The molecule has 2 aromatic carbocycles. The van der Waals surface area contributed by atoms with Crippen molar-refractivity contribution >= 4 is 31.9 Å². The van der Waals surface area contributed by atoms with E-state index in [-0.39, 0.29) is 0 Å². The van der Waals surface area contributed by atoms with Crippen molar-refractivity contribution in [3.8, 4) is 11.3 Å². The van der Waals surface area contributed by atoms with Gasteiger partial charge in [0.05, 0.1) is 6.54 Å². The van der Waals surface area contributed by atoms with Gasteiger partial charge in [0.1, 0.15) is 11.5 Å². The van der Waals surface area contributed by atoms with Crippen LogP contribution in [0.3, 0.4) is 0 Å². The molecule has 4 heteroatoms. The van der Waals surface area contributed by atoms with Gasteiger partial charge in [-0.15, -0.1) is 0 Å². The molecule has 0 saturated heterocycles. The molecule has 1 unspecified atom stereocenters. The zero-order valence-corrected chi connectivity index (χ0v) is 17.3. The predicted molar refractivity (Wildman–Crippen MR) is 111 cm³/mol. The van der Waals surface area contributed by atoms with Crippen LogP contribution < -0.4 is 5.32 Å². The number of furan rings is 1. The molecule has 1 heterocycles. The average Bonchev–Trinajstić information content (AvgIpc) is 3.08. The lowest BCUT2D eigenvalue weighted by molar-refractivity contribution is 0.449. The van der Waals surface area contributed by atoms with Crippen LogP contribution in [0.4, 0.5) is 0 Å². The van der Waals surface area contributed by atoms with Crippen LogP contribution in [-0.2, 0) is 13.0 Å². The summed E-state index contributed by atoms with van der Waals surface area (Å²) < 4.78 is 8.06. The van der Waals surface area contributed by atoms with E-state index in [4.69, 9.17) is 4.42 Å². The third kappa shape index (κ3) is 5.30. The van der Waals surface area contributed by atoms with E-state index in [1.807, 2.05) is 30.3 Å². The van der Waals surface area contributed by atoms with Gasteiger partial charge in [0, 0.05) is 20.6 Å². The van der Waals surface area contributed by atoms with E-state index >= 15 is 0 Å². The Balaban J connectivity index is 1.53. The molecule has 0 aliphatic carbocycles. The van der Waals surface area contributed by atoms with Gasteiger partial charge < -0.3 is 9.73 Å². The SMILES string of the molecule is CC(CCc1ccccc1)NCc1ccc(-c2ccc(Br)cc2Br)o1. The smallest absolute Gasteiger partial charge is 0.135 e. The summed E-state index contributed by atoms with van der Waals surface area (Å²) in [5.74, 6) is 1.84. The Labute approximate surface area is 165 Å². The van der Waals surface area contributed by atoms with Gasteiger partial charge in [0.2, 0.25) is 0 Å². The van der Waals surface area contributed by atoms with Crippen LogP contribution >= 0.6 is 31.9 Å². The molecule has 3 aromatic rings. The lowest BCUT2D eigenvalue weighted by Crippen LogP contribution is -2.25. The van der Waals surface area contributed by atoms with Crippen molar-refractivity contribution in [2.75, 3.05) is 0 Å². The summed E-state index contributed by atoms with van der Waals surface area (Å²) in [4.78, 5) is 0. The van der Waals surface area contributed by atoms with Crippen LogP contribution in [-0.4, -0.2) is 6.04 Å². The lowest BCUT2D eigenvalue weighted by Gasteiger charge is -2.12. The fourth-order valence-corrected chi connectivity index (χ4v) is 3.95. The number of hydrogen-bond acceptors (Lipinski definition) is 2. The fraction of sp³-hybridized carbons (Fsp3) is 0.238. The first-order chi connectivity index (χ1) is 12.1. The van der Waals surface area contributed by atoms with Gasteiger partial charge in [-0.25, -0.2) is 0 Å². The summed E-state index contributed by atoms with van der Waals surface area (Å²) in [5, 5.41) is 3.54. The molecule has 1 N–H and O–H groups in total. The van der Waals surface area contributed by atoms with E-state index in [1.165, 1.54) is 5.56 Å². The van der Waals surface area contributed by atoms with Crippen LogP contribution in [0, 0.1) is 0 Å². The van der Waals surface area contributed by atoms with Gasteiger partial charge in [-0.2, -0.15) is 0 Å². The molecule has 3 rings (SSSR count). The summed E-state index contributed by atoms with van der Waals surface area (Å²) in [6.07, 6.45) is 2.19. The Bertz CT molecular complexity index is 814. The summed E-state index contributed by atoms with van der Waals surface area (Å²) in [6, 6.07) is 21.2. The maximum Gasteiger partial charge on any atom is 0.135 e. The molecule has 25 heavy (non-hydrogen) atoms. The molecular weight excluding hydrogens is 442 g/mol. The summed E-state index contributed by atoms with van der Waals surface area (Å²) in [7, 11) is 0. The number of halogens is 2. The minimum absolute atomic E-state index is 0.438. The molecule has 0 bridgehead atoms. The second-order valence-corrected chi connectivity index (χ2v) is 7.97. The molecule has 0 saturated carbocycles. The molecule has 0 spiro atoms. The minimum Gasteiger partial charge on any atom is -0.460 e. The van der Waals surface area contributed by atoms with Crippen molar-refractivity contribution in [2.45, 2.75) is 32.4 Å². The van der Waals surface area contributed by atoms with E-state index in [1.54, 1.807) is 0 Å². The van der Waals surface area contributed by atoms with Crippen molar-refractivity contribution < 1.29 is 4.42 Å². The van der Waals surface area contributed by atoms with Crippen molar-refractivity contribution in [1.82, 2.24) is 5.32 Å². The second-order valence-electron chi connectivity index (χ2n) is 6.20. The van der Waals surface area contributed by atoms with Gasteiger partial charge >= 0.3 is 0 Å². The summed E-state index contributed by atoms with van der Waals surface area (Å²) in [5.41, 5.74) is 2.45. The molecule has 130 valence electrons. The third-order valence-electron chi connectivity index (χ3n) is 4.19. The highest BCUT2D eigenvalue weighted by Crippen LogP contribution is 2.31. The van der Waals surface area contributed by atoms with Gasteiger partial charge in [0.25, 0.3) is 0 Å². The third-order valence-corrected chi connectivity index (χ3v) is 5.34. The molecule has 0 amide bonds. The van der Waals surface area contributed by atoms with Crippen LogP contribution in [0.15, 0.2) is 74.0 Å². The van der Waals surface area contributed by atoms with E-state index < -0.39 is 0 Å². The van der Waals surface area contributed by atoms with Gasteiger partial charge in [-0.3, -0.25) is 0 Å². The Morgan fingerprint density at radius 2 is 1.80 bits per heavy atom. The largest absolute Gasteiger partial charge is 0.460 e. The van der Waals surface area contributed by atoms with Crippen molar-refractivity contribution in [2.24, 2.45) is 0 Å². The first-order valence-electron chi connectivity index (χ1n) is 8.43. The van der Waals surface area contributed by atoms with Crippen molar-refractivity contribution in [3.05, 3.63) is 80.9 Å². The Hall–Kier alpha value is -1.36.